The number of amides is 1. The molecule has 2 atom stereocenters. The lowest BCUT2D eigenvalue weighted by Crippen LogP contribution is -2.56. The zero-order valence-electron chi connectivity index (χ0n) is 13.2. The molecule has 0 aliphatic carbocycles. The molecule has 8 heteroatoms. The summed E-state index contributed by atoms with van der Waals surface area (Å²) in [4.78, 5) is 12.8. The number of aliphatic hydroxyl groups is 1. The Kier molecular flexibility index (Phi) is 6.49. The highest BCUT2D eigenvalue weighted by Crippen LogP contribution is 2.35. The van der Waals surface area contributed by atoms with Crippen LogP contribution in [0.5, 0.6) is 0 Å². The summed E-state index contributed by atoms with van der Waals surface area (Å²) < 4.78 is 44.9. The van der Waals surface area contributed by atoms with Crippen LogP contribution in [-0.2, 0) is 4.74 Å². The number of β-amino-alcohol motifs (C(OH)–C–C–N with tert-alkyl or cyclic N) is 1. The van der Waals surface area contributed by atoms with Crippen molar-refractivity contribution >= 4 is 6.09 Å². The number of ether oxygens (including phenoxy) is 1. The van der Waals surface area contributed by atoms with Gasteiger partial charge in [0.1, 0.15) is 11.6 Å². The first-order valence-electron chi connectivity index (χ1n) is 7.43. The highest BCUT2D eigenvalue weighted by atomic mass is 19.4. The summed E-state index contributed by atoms with van der Waals surface area (Å²) in [7, 11) is 0. The zero-order valence-corrected chi connectivity index (χ0v) is 13.2. The standard InChI is InChI=1S/C14H25F3N2O3/c1-13(2,3)22-12(21)18-9-10-5-4-6-19(7-8-20)11(10)14(15,16)17/h10-11,20H,4-9H2,1-3H3,(H,18,21)/t10-,11-/m0/s1. The van der Waals surface area contributed by atoms with Crippen LogP contribution in [0.3, 0.4) is 0 Å². The minimum Gasteiger partial charge on any atom is -0.444 e. The molecule has 0 aromatic heterocycles. The predicted molar refractivity (Wildman–Crippen MR) is 75.5 cm³/mol. The second-order valence-corrected chi connectivity index (χ2v) is 6.53. The van der Waals surface area contributed by atoms with Crippen LogP contribution in [0.1, 0.15) is 33.6 Å². The average molecular weight is 326 g/mol. The fraction of sp³-hybridized carbons (Fsp3) is 0.929. The Labute approximate surface area is 128 Å². The Bertz CT molecular complexity index is 367. The molecule has 1 rings (SSSR count). The van der Waals surface area contributed by atoms with Gasteiger partial charge in [0, 0.05) is 19.0 Å². The highest BCUT2D eigenvalue weighted by molar-refractivity contribution is 5.67. The number of carbonyl (C=O) groups is 1. The SMILES string of the molecule is CC(C)(C)OC(=O)NC[C@@H]1CCCN(CCO)[C@@H]1C(F)(F)F. The highest BCUT2D eigenvalue weighted by Gasteiger charge is 2.49. The first kappa shape index (κ1) is 19.0. The van der Waals surface area contributed by atoms with E-state index in [1.807, 2.05) is 0 Å². The number of likely N-dealkylation sites (tertiary alicyclic amines) is 1. The van der Waals surface area contributed by atoms with Crippen LogP contribution < -0.4 is 5.32 Å². The van der Waals surface area contributed by atoms with E-state index in [0.29, 0.717) is 19.4 Å². The lowest BCUT2D eigenvalue weighted by molar-refractivity contribution is -0.206. The second-order valence-electron chi connectivity index (χ2n) is 6.53. The van der Waals surface area contributed by atoms with E-state index in [4.69, 9.17) is 9.84 Å². The van der Waals surface area contributed by atoms with Gasteiger partial charge in [-0.05, 0) is 40.2 Å². The molecule has 0 unspecified atom stereocenters. The van der Waals surface area contributed by atoms with Crippen LogP contribution in [-0.4, -0.2) is 60.2 Å². The zero-order chi connectivity index (χ0) is 17.0. The fourth-order valence-electron chi connectivity index (χ4n) is 2.75. The molecule has 5 nitrogen and oxygen atoms in total. The maximum Gasteiger partial charge on any atom is 0.407 e. The number of piperidine rings is 1. The van der Waals surface area contributed by atoms with Gasteiger partial charge >= 0.3 is 12.3 Å². The van der Waals surface area contributed by atoms with Crippen LogP contribution in [0.4, 0.5) is 18.0 Å². The molecule has 0 spiro atoms. The van der Waals surface area contributed by atoms with Crippen LogP contribution in [0.25, 0.3) is 0 Å². The summed E-state index contributed by atoms with van der Waals surface area (Å²) in [6, 6.07) is -1.65. The molecule has 1 heterocycles. The van der Waals surface area contributed by atoms with Crippen molar-refractivity contribution in [2.75, 3.05) is 26.2 Å². The summed E-state index contributed by atoms with van der Waals surface area (Å²) in [5.74, 6) is -0.743. The Morgan fingerprint density at radius 1 is 1.36 bits per heavy atom. The largest absolute Gasteiger partial charge is 0.444 e. The maximum absolute atomic E-state index is 13.3. The van der Waals surface area contributed by atoms with Gasteiger partial charge in [0.15, 0.2) is 0 Å². The smallest absolute Gasteiger partial charge is 0.407 e. The molecule has 0 radical (unpaired) electrons. The number of nitrogens with one attached hydrogen (secondary N) is 1. The number of hydrogen-bond donors (Lipinski definition) is 2. The van der Waals surface area contributed by atoms with Crippen molar-refractivity contribution in [2.45, 2.75) is 51.4 Å². The molecular formula is C14H25F3N2O3. The number of nitrogens with zero attached hydrogens (tertiary/aromatic N) is 1. The second kappa shape index (κ2) is 7.50. The van der Waals surface area contributed by atoms with Crippen LogP contribution in [0.15, 0.2) is 0 Å². The number of alkyl carbamates (subject to hydrolysis) is 1. The Morgan fingerprint density at radius 2 is 2.00 bits per heavy atom. The van der Waals surface area contributed by atoms with Crippen molar-refractivity contribution in [2.24, 2.45) is 5.92 Å². The number of rotatable bonds is 4. The van der Waals surface area contributed by atoms with Crippen molar-refractivity contribution < 1.29 is 27.8 Å². The number of halogens is 3. The lowest BCUT2D eigenvalue weighted by atomic mass is 9.88. The Balaban J connectivity index is 2.67. The van der Waals surface area contributed by atoms with Gasteiger partial charge in [-0.25, -0.2) is 4.79 Å². The molecule has 1 fully saturated rings. The summed E-state index contributed by atoms with van der Waals surface area (Å²) in [6.07, 6.45) is -4.13. The third kappa shape index (κ3) is 6.00. The minimum absolute atomic E-state index is 0.0207. The minimum atomic E-state index is -4.39. The molecule has 0 saturated carbocycles. The van der Waals surface area contributed by atoms with Gasteiger partial charge in [0.2, 0.25) is 0 Å². The summed E-state index contributed by atoms with van der Waals surface area (Å²) in [6.45, 7) is 4.93. The molecule has 0 aromatic carbocycles. The van der Waals surface area contributed by atoms with E-state index >= 15 is 0 Å². The molecular weight excluding hydrogens is 301 g/mol. The normalized spacial score (nSPS) is 24.1. The number of hydrogen-bond acceptors (Lipinski definition) is 4. The molecule has 0 bridgehead atoms. The van der Waals surface area contributed by atoms with Crippen LogP contribution >= 0.6 is 0 Å². The number of aliphatic hydroxyl groups excluding tert-OH is 1. The first-order valence-corrected chi connectivity index (χ1v) is 7.43. The van der Waals surface area contributed by atoms with Gasteiger partial charge in [0.05, 0.1) is 6.61 Å². The van der Waals surface area contributed by atoms with E-state index in [-0.39, 0.29) is 19.7 Å². The third-order valence-corrected chi connectivity index (χ3v) is 3.49. The van der Waals surface area contributed by atoms with E-state index in [0.717, 1.165) is 0 Å². The topological polar surface area (TPSA) is 61.8 Å². The van der Waals surface area contributed by atoms with Crippen LogP contribution in [0.2, 0.25) is 0 Å². The van der Waals surface area contributed by atoms with Crippen molar-refractivity contribution in [1.29, 1.82) is 0 Å². The van der Waals surface area contributed by atoms with Gasteiger partial charge in [-0.15, -0.1) is 0 Å². The Hall–Kier alpha value is -1.02. The van der Waals surface area contributed by atoms with Crippen molar-refractivity contribution in [1.82, 2.24) is 10.2 Å². The van der Waals surface area contributed by atoms with Crippen molar-refractivity contribution in [3.8, 4) is 0 Å². The molecule has 0 aromatic rings. The van der Waals surface area contributed by atoms with E-state index in [1.165, 1.54) is 4.90 Å². The van der Waals surface area contributed by atoms with Crippen LogP contribution in [0, 0.1) is 5.92 Å². The van der Waals surface area contributed by atoms with Gasteiger partial charge in [-0.1, -0.05) is 0 Å². The van der Waals surface area contributed by atoms with E-state index in [2.05, 4.69) is 5.32 Å². The molecule has 1 aliphatic heterocycles. The first-order chi connectivity index (χ1) is 10.0. The van der Waals surface area contributed by atoms with Gasteiger partial charge in [-0.2, -0.15) is 13.2 Å². The summed E-state index contributed by atoms with van der Waals surface area (Å²) >= 11 is 0. The molecule has 130 valence electrons. The molecule has 1 amide bonds. The van der Waals surface area contributed by atoms with Gasteiger partial charge in [-0.3, -0.25) is 4.90 Å². The average Bonchev–Trinajstić information content (AvgIpc) is 2.33. The molecule has 1 aliphatic rings. The monoisotopic (exact) mass is 326 g/mol. The van der Waals surface area contributed by atoms with E-state index in [1.54, 1.807) is 20.8 Å². The quantitative estimate of drug-likeness (QED) is 0.831. The predicted octanol–water partition coefficient (Wildman–Crippen LogP) is 2.15. The van der Waals surface area contributed by atoms with Gasteiger partial charge < -0.3 is 15.2 Å². The van der Waals surface area contributed by atoms with Gasteiger partial charge in [0.25, 0.3) is 0 Å². The summed E-state index contributed by atoms with van der Waals surface area (Å²) in [5, 5.41) is 11.4. The van der Waals surface area contributed by atoms with Crippen molar-refractivity contribution in [3.63, 3.8) is 0 Å². The lowest BCUT2D eigenvalue weighted by Gasteiger charge is -2.42. The number of alkyl halides is 3. The molecule has 2 N–H and O–H groups in total. The number of carbonyl (C=O) groups excluding carboxylic acids is 1. The fourth-order valence-corrected chi connectivity index (χ4v) is 2.75. The van der Waals surface area contributed by atoms with E-state index in [9.17, 15) is 18.0 Å². The van der Waals surface area contributed by atoms with Crippen molar-refractivity contribution in [3.05, 3.63) is 0 Å². The summed E-state index contributed by atoms with van der Waals surface area (Å²) in [5.41, 5.74) is -0.691. The molecule has 22 heavy (non-hydrogen) atoms. The molecule has 1 saturated heterocycles. The maximum atomic E-state index is 13.3. The van der Waals surface area contributed by atoms with E-state index < -0.39 is 29.8 Å². The Morgan fingerprint density at radius 3 is 2.50 bits per heavy atom. The third-order valence-electron chi connectivity index (χ3n) is 3.49.